The molecule has 0 rings (SSSR count). The molecule has 0 saturated carbocycles. The largest absolute Gasteiger partial charge is 0.468 e. The molecule has 1 atom stereocenters. The quantitative estimate of drug-likeness (QED) is 0.217. The van der Waals surface area contributed by atoms with E-state index in [0.29, 0.717) is 6.42 Å². The standard InChI is InChI=1S/C16H32O3Si/c1-8-9-10-11-12-16(13-17,14(18)19-5)20(6,7)15(2,3)4/h13H,8-12H2,1-7H3. The van der Waals surface area contributed by atoms with Crippen LogP contribution in [0.3, 0.4) is 0 Å². The number of hydrogen-bond donors (Lipinski definition) is 0. The molecule has 0 radical (unpaired) electrons. The number of ether oxygens (including phenoxy) is 1. The van der Waals surface area contributed by atoms with Gasteiger partial charge in [-0.15, -0.1) is 0 Å². The Morgan fingerprint density at radius 2 is 1.70 bits per heavy atom. The van der Waals surface area contributed by atoms with Gasteiger partial charge in [0.1, 0.15) is 11.3 Å². The van der Waals surface area contributed by atoms with E-state index < -0.39 is 13.1 Å². The fourth-order valence-electron chi connectivity index (χ4n) is 2.61. The van der Waals surface area contributed by atoms with E-state index in [1.54, 1.807) is 0 Å². The third kappa shape index (κ3) is 3.71. The maximum Gasteiger partial charge on any atom is 0.316 e. The maximum absolute atomic E-state index is 12.4. The molecule has 1 unspecified atom stereocenters. The van der Waals surface area contributed by atoms with Crippen molar-refractivity contribution >= 4 is 20.3 Å². The zero-order valence-electron chi connectivity index (χ0n) is 14.3. The van der Waals surface area contributed by atoms with Gasteiger partial charge in [0, 0.05) is 0 Å². The average Bonchev–Trinajstić information content (AvgIpc) is 2.37. The van der Waals surface area contributed by atoms with Gasteiger partial charge in [0.15, 0.2) is 0 Å². The van der Waals surface area contributed by atoms with Crippen LogP contribution in [0, 0.1) is 0 Å². The van der Waals surface area contributed by atoms with Gasteiger partial charge in [-0.2, -0.15) is 0 Å². The van der Waals surface area contributed by atoms with Gasteiger partial charge in [-0.05, 0) is 11.5 Å². The second-order valence-corrected chi connectivity index (χ2v) is 12.9. The summed E-state index contributed by atoms with van der Waals surface area (Å²) in [5.41, 5.74) is 0. The molecule has 20 heavy (non-hydrogen) atoms. The van der Waals surface area contributed by atoms with Crippen molar-refractivity contribution in [1.82, 2.24) is 0 Å². The minimum absolute atomic E-state index is 0.0349. The lowest BCUT2D eigenvalue weighted by Gasteiger charge is -2.47. The first-order chi connectivity index (χ1) is 9.10. The molecule has 0 aromatic carbocycles. The van der Waals surface area contributed by atoms with E-state index in [4.69, 9.17) is 4.74 Å². The lowest BCUT2D eigenvalue weighted by atomic mass is 10.0. The first-order valence-electron chi connectivity index (χ1n) is 7.65. The molecule has 0 saturated heterocycles. The number of methoxy groups -OCH3 is 1. The summed E-state index contributed by atoms with van der Waals surface area (Å²) in [6.07, 6.45) is 5.79. The molecule has 0 bridgehead atoms. The second-order valence-electron chi connectivity index (χ2n) is 7.27. The second kappa shape index (κ2) is 7.39. The molecule has 0 aliphatic heterocycles. The zero-order valence-corrected chi connectivity index (χ0v) is 15.3. The molecule has 0 N–H and O–H groups in total. The van der Waals surface area contributed by atoms with Crippen molar-refractivity contribution in [3.8, 4) is 0 Å². The zero-order chi connectivity index (χ0) is 16.0. The van der Waals surface area contributed by atoms with Crippen LogP contribution in [-0.2, 0) is 14.3 Å². The fraction of sp³-hybridized carbons (Fsp3) is 0.875. The molecule has 118 valence electrons. The number of esters is 1. The third-order valence-corrected chi connectivity index (χ3v) is 11.7. The van der Waals surface area contributed by atoms with Crippen molar-refractivity contribution in [3.63, 3.8) is 0 Å². The van der Waals surface area contributed by atoms with Crippen molar-refractivity contribution in [1.29, 1.82) is 0 Å². The van der Waals surface area contributed by atoms with E-state index in [-0.39, 0.29) is 11.0 Å². The predicted octanol–water partition coefficient (Wildman–Crippen LogP) is 4.58. The van der Waals surface area contributed by atoms with Crippen LogP contribution in [0.25, 0.3) is 0 Å². The monoisotopic (exact) mass is 300 g/mol. The van der Waals surface area contributed by atoms with E-state index in [1.807, 2.05) is 0 Å². The van der Waals surface area contributed by atoms with E-state index in [2.05, 4.69) is 40.8 Å². The molecule has 0 fully saturated rings. The lowest BCUT2D eigenvalue weighted by molar-refractivity contribution is -0.146. The van der Waals surface area contributed by atoms with Crippen LogP contribution >= 0.6 is 0 Å². The van der Waals surface area contributed by atoms with Crippen molar-refractivity contribution in [2.75, 3.05) is 7.11 Å². The van der Waals surface area contributed by atoms with Crippen molar-refractivity contribution < 1.29 is 14.3 Å². The topological polar surface area (TPSA) is 43.4 Å². The molecular formula is C16H32O3Si. The molecule has 0 amide bonds. The van der Waals surface area contributed by atoms with Gasteiger partial charge in [-0.1, -0.05) is 66.5 Å². The van der Waals surface area contributed by atoms with Gasteiger partial charge in [0.25, 0.3) is 0 Å². The summed E-state index contributed by atoms with van der Waals surface area (Å²) < 4.78 is 5.01. The summed E-state index contributed by atoms with van der Waals surface area (Å²) in [7, 11) is -0.783. The van der Waals surface area contributed by atoms with Crippen LogP contribution in [0.4, 0.5) is 0 Å². The maximum atomic E-state index is 12.4. The Hall–Kier alpha value is -0.643. The summed E-state index contributed by atoms with van der Waals surface area (Å²) in [5.74, 6) is -0.337. The summed E-state index contributed by atoms with van der Waals surface area (Å²) in [5, 5.41) is -0.958. The van der Waals surface area contributed by atoms with Crippen molar-refractivity contribution in [2.45, 2.75) is 83.0 Å². The van der Waals surface area contributed by atoms with Crippen LogP contribution in [0.2, 0.25) is 23.2 Å². The first kappa shape index (κ1) is 19.4. The summed E-state index contributed by atoms with van der Waals surface area (Å²) in [4.78, 5) is 24.3. The van der Waals surface area contributed by atoms with Gasteiger partial charge in [-0.25, -0.2) is 0 Å². The van der Waals surface area contributed by atoms with Crippen molar-refractivity contribution in [3.05, 3.63) is 0 Å². The molecule has 0 aliphatic rings. The number of hydrogen-bond acceptors (Lipinski definition) is 3. The Kier molecular flexibility index (Phi) is 7.15. The van der Waals surface area contributed by atoms with Crippen molar-refractivity contribution in [2.24, 2.45) is 0 Å². The van der Waals surface area contributed by atoms with E-state index in [1.165, 1.54) is 7.11 Å². The summed E-state index contributed by atoms with van der Waals surface area (Å²) in [6.45, 7) is 12.8. The average molecular weight is 301 g/mol. The highest BCUT2D eigenvalue weighted by Gasteiger charge is 2.58. The highest BCUT2D eigenvalue weighted by atomic mass is 28.3. The van der Waals surface area contributed by atoms with E-state index in [0.717, 1.165) is 32.0 Å². The summed E-state index contributed by atoms with van der Waals surface area (Å²) >= 11 is 0. The third-order valence-electron chi connectivity index (χ3n) is 5.17. The van der Waals surface area contributed by atoms with Gasteiger partial charge in [0.2, 0.25) is 0 Å². The lowest BCUT2D eigenvalue weighted by Crippen LogP contribution is -2.55. The molecule has 0 heterocycles. The number of carbonyl (C=O) groups excluding carboxylic acids is 2. The summed E-state index contributed by atoms with van der Waals surface area (Å²) in [6, 6.07) is 0. The van der Waals surface area contributed by atoms with Gasteiger partial charge >= 0.3 is 5.97 Å². The Balaban J connectivity index is 5.45. The highest BCUT2D eigenvalue weighted by molar-refractivity contribution is 6.88. The van der Waals surface area contributed by atoms with Crippen LogP contribution in [-0.4, -0.2) is 27.4 Å². The normalized spacial score (nSPS) is 15.6. The minimum Gasteiger partial charge on any atom is -0.468 e. The SMILES string of the molecule is CCCCCCC(C=O)(C(=O)OC)[Si](C)(C)C(C)(C)C. The van der Waals surface area contributed by atoms with Crippen LogP contribution < -0.4 is 0 Å². The highest BCUT2D eigenvalue weighted by Crippen LogP contribution is 2.53. The van der Waals surface area contributed by atoms with Gasteiger partial charge in [-0.3, -0.25) is 4.79 Å². The van der Waals surface area contributed by atoms with Gasteiger partial charge in [0.05, 0.1) is 15.2 Å². The Morgan fingerprint density at radius 1 is 1.15 bits per heavy atom. The Bertz CT molecular complexity index is 331. The number of unbranched alkanes of at least 4 members (excludes halogenated alkanes) is 3. The van der Waals surface area contributed by atoms with E-state index in [9.17, 15) is 9.59 Å². The molecule has 3 nitrogen and oxygen atoms in total. The molecular weight excluding hydrogens is 268 g/mol. The number of rotatable bonds is 8. The van der Waals surface area contributed by atoms with Crippen LogP contribution in [0.5, 0.6) is 0 Å². The first-order valence-corrected chi connectivity index (χ1v) is 10.7. The fourth-order valence-corrected chi connectivity index (χ4v) is 5.65. The van der Waals surface area contributed by atoms with Gasteiger partial charge < -0.3 is 9.53 Å². The van der Waals surface area contributed by atoms with E-state index >= 15 is 0 Å². The Morgan fingerprint density at radius 3 is 2.05 bits per heavy atom. The molecule has 0 aromatic heterocycles. The van der Waals surface area contributed by atoms with Crippen LogP contribution in [0.1, 0.15) is 59.8 Å². The molecule has 0 aliphatic carbocycles. The number of carbonyl (C=O) groups is 2. The van der Waals surface area contributed by atoms with Crippen LogP contribution in [0.15, 0.2) is 0 Å². The minimum atomic E-state index is -2.17. The predicted molar refractivity (Wildman–Crippen MR) is 86.7 cm³/mol. The molecule has 0 spiro atoms. The molecule has 0 aromatic rings. The smallest absolute Gasteiger partial charge is 0.316 e. The Labute approximate surface area is 125 Å². The number of aldehydes is 1. The molecule has 4 heteroatoms.